The van der Waals surface area contributed by atoms with Gasteiger partial charge in [0.2, 0.25) is 0 Å². The largest absolute Gasteiger partial charge is 0.496 e. The van der Waals surface area contributed by atoms with Crippen LogP contribution in [0, 0.1) is 13.8 Å². The molecule has 4 nitrogen and oxygen atoms in total. The van der Waals surface area contributed by atoms with E-state index in [2.05, 4.69) is 4.74 Å². The van der Waals surface area contributed by atoms with Gasteiger partial charge in [0.15, 0.2) is 0 Å². The molecule has 0 aliphatic carbocycles. The molecule has 0 unspecified atom stereocenters. The van der Waals surface area contributed by atoms with Gasteiger partial charge in [-0.1, -0.05) is 0 Å². The van der Waals surface area contributed by atoms with Gasteiger partial charge >= 0.3 is 5.97 Å². The average Bonchev–Trinajstić information content (AvgIpc) is 2.26. The van der Waals surface area contributed by atoms with Gasteiger partial charge in [-0.05, 0) is 37.1 Å². The first-order valence-electron chi connectivity index (χ1n) is 4.79. The number of carbonyl (C=O) groups excluding carboxylic acids is 2. The first-order chi connectivity index (χ1) is 7.51. The second-order valence-corrected chi connectivity index (χ2v) is 3.46. The van der Waals surface area contributed by atoms with Gasteiger partial charge in [-0.3, -0.25) is 4.79 Å². The Bertz CT molecular complexity index is 412. The molecule has 0 fully saturated rings. The maximum absolute atomic E-state index is 11.6. The molecule has 4 heteroatoms. The zero-order chi connectivity index (χ0) is 12.3. The molecule has 0 amide bonds. The van der Waals surface area contributed by atoms with Crippen LogP contribution in [0.2, 0.25) is 0 Å². The van der Waals surface area contributed by atoms with Gasteiger partial charge in [0.1, 0.15) is 5.75 Å². The van der Waals surface area contributed by atoms with E-state index in [0.29, 0.717) is 5.56 Å². The lowest BCUT2D eigenvalue weighted by atomic mass is 10.0. The summed E-state index contributed by atoms with van der Waals surface area (Å²) in [5, 5.41) is 0. The van der Waals surface area contributed by atoms with E-state index in [1.54, 1.807) is 19.2 Å². The van der Waals surface area contributed by atoms with Crippen LogP contribution in [0.5, 0.6) is 5.75 Å². The number of hydrogen-bond acceptors (Lipinski definition) is 4. The van der Waals surface area contributed by atoms with Crippen molar-refractivity contribution in [3.63, 3.8) is 0 Å². The number of carbonyl (C=O) groups is 2. The second kappa shape index (κ2) is 4.79. The second-order valence-electron chi connectivity index (χ2n) is 3.46. The Labute approximate surface area is 94.2 Å². The average molecular weight is 222 g/mol. The van der Waals surface area contributed by atoms with Crippen molar-refractivity contribution >= 4 is 11.8 Å². The molecule has 0 aliphatic rings. The van der Waals surface area contributed by atoms with Crippen LogP contribution in [-0.4, -0.2) is 26.0 Å². The van der Waals surface area contributed by atoms with Gasteiger partial charge in [-0.2, -0.15) is 0 Å². The van der Waals surface area contributed by atoms with Crippen LogP contribution in [0.3, 0.4) is 0 Å². The quantitative estimate of drug-likeness (QED) is 0.443. The smallest absolute Gasteiger partial charge is 0.379 e. The fraction of sp³-hybridized carbons (Fsp3) is 0.333. The van der Waals surface area contributed by atoms with Crippen LogP contribution in [0.4, 0.5) is 0 Å². The van der Waals surface area contributed by atoms with Crippen LogP contribution in [-0.2, 0) is 9.53 Å². The van der Waals surface area contributed by atoms with Gasteiger partial charge in [0, 0.05) is 5.56 Å². The number of ether oxygens (including phenoxy) is 2. The van der Waals surface area contributed by atoms with Gasteiger partial charge in [0.25, 0.3) is 5.78 Å². The Morgan fingerprint density at radius 3 is 1.94 bits per heavy atom. The van der Waals surface area contributed by atoms with E-state index >= 15 is 0 Å². The summed E-state index contributed by atoms with van der Waals surface area (Å²) < 4.78 is 9.55. The molecular weight excluding hydrogens is 208 g/mol. The van der Waals surface area contributed by atoms with E-state index in [9.17, 15) is 9.59 Å². The van der Waals surface area contributed by atoms with E-state index in [0.717, 1.165) is 16.9 Å². The van der Waals surface area contributed by atoms with E-state index in [1.807, 2.05) is 13.8 Å². The number of benzene rings is 1. The molecule has 0 aromatic heterocycles. The van der Waals surface area contributed by atoms with Crippen molar-refractivity contribution in [2.75, 3.05) is 14.2 Å². The van der Waals surface area contributed by atoms with Crippen LogP contribution < -0.4 is 4.74 Å². The summed E-state index contributed by atoms with van der Waals surface area (Å²) in [4.78, 5) is 22.7. The fourth-order valence-corrected chi connectivity index (χ4v) is 1.61. The molecule has 1 rings (SSSR count). The number of ketones is 1. The highest BCUT2D eigenvalue weighted by atomic mass is 16.5. The minimum absolute atomic E-state index is 0.322. The number of esters is 1. The van der Waals surface area contributed by atoms with Crippen molar-refractivity contribution in [1.82, 2.24) is 0 Å². The normalized spacial score (nSPS) is 9.75. The Balaban J connectivity index is 3.18. The van der Waals surface area contributed by atoms with E-state index in [-0.39, 0.29) is 0 Å². The molecule has 0 N–H and O–H groups in total. The summed E-state index contributed by atoms with van der Waals surface area (Å²) in [5.74, 6) is -0.776. The molecule has 16 heavy (non-hydrogen) atoms. The molecule has 0 heterocycles. The van der Waals surface area contributed by atoms with Gasteiger partial charge in [-0.15, -0.1) is 0 Å². The summed E-state index contributed by atoms with van der Waals surface area (Å²) in [6.45, 7) is 3.64. The lowest BCUT2D eigenvalue weighted by Gasteiger charge is -2.10. The lowest BCUT2D eigenvalue weighted by Crippen LogP contribution is -2.16. The van der Waals surface area contributed by atoms with Crippen LogP contribution >= 0.6 is 0 Å². The van der Waals surface area contributed by atoms with Crippen LogP contribution in [0.25, 0.3) is 0 Å². The zero-order valence-electron chi connectivity index (χ0n) is 9.79. The summed E-state index contributed by atoms with van der Waals surface area (Å²) in [7, 11) is 2.75. The van der Waals surface area contributed by atoms with Crippen molar-refractivity contribution in [2.45, 2.75) is 13.8 Å². The minimum Gasteiger partial charge on any atom is -0.496 e. The maximum atomic E-state index is 11.6. The predicted octanol–water partition coefficient (Wildman–Crippen LogP) is 1.67. The van der Waals surface area contributed by atoms with Crippen molar-refractivity contribution in [3.05, 3.63) is 28.8 Å². The SMILES string of the molecule is COC(=O)C(=O)c1cc(C)c(OC)c(C)c1. The van der Waals surface area contributed by atoms with E-state index < -0.39 is 11.8 Å². The standard InChI is InChI=1S/C12H14O4/c1-7-5-9(10(13)12(14)16-4)6-8(2)11(7)15-3/h5-6H,1-4H3. The van der Waals surface area contributed by atoms with Gasteiger partial charge in [0.05, 0.1) is 14.2 Å². The Morgan fingerprint density at radius 2 is 1.56 bits per heavy atom. The lowest BCUT2D eigenvalue weighted by molar-refractivity contribution is -0.135. The molecule has 0 saturated carbocycles. The molecule has 0 radical (unpaired) electrons. The summed E-state index contributed by atoms with van der Waals surface area (Å²) >= 11 is 0. The summed E-state index contributed by atoms with van der Waals surface area (Å²) in [6, 6.07) is 3.23. The number of Topliss-reactive ketones (excluding diaryl/α,β-unsaturated/α-hetero) is 1. The molecule has 0 spiro atoms. The van der Waals surface area contributed by atoms with Crippen molar-refractivity contribution in [1.29, 1.82) is 0 Å². The first-order valence-corrected chi connectivity index (χ1v) is 4.79. The van der Waals surface area contributed by atoms with E-state index in [1.165, 1.54) is 7.11 Å². The fourth-order valence-electron chi connectivity index (χ4n) is 1.61. The summed E-state index contributed by atoms with van der Waals surface area (Å²) in [5.41, 5.74) is 1.95. The monoisotopic (exact) mass is 222 g/mol. The van der Waals surface area contributed by atoms with E-state index in [4.69, 9.17) is 4.74 Å². The molecule has 1 aromatic carbocycles. The van der Waals surface area contributed by atoms with Gasteiger partial charge in [-0.25, -0.2) is 4.79 Å². The van der Waals surface area contributed by atoms with Crippen LogP contribution in [0.15, 0.2) is 12.1 Å². The highest BCUT2D eigenvalue weighted by molar-refractivity contribution is 6.40. The third kappa shape index (κ3) is 2.21. The Hall–Kier alpha value is -1.84. The number of rotatable bonds is 3. The highest BCUT2D eigenvalue weighted by Crippen LogP contribution is 2.24. The molecule has 0 bridgehead atoms. The number of aryl methyl sites for hydroxylation is 2. The zero-order valence-corrected chi connectivity index (χ0v) is 9.79. The molecule has 0 aliphatic heterocycles. The molecule has 86 valence electrons. The summed E-state index contributed by atoms with van der Waals surface area (Å²) in [6.07, 6.45) is 0. The van der Waals surface area contributed by atoms with Crippen molar-refractivity contribution in [3.8, 4) is 5.75 Å². The third-order valence-electron chi connectivity index (χ3n) is 2.30. The number of methoxy groups -OCH3 is 2. The Kier molecular flexibility index (Phi) is 3.66. The maximum Gasteiger partial charge on any atom is 0.379 e. The Morgan fingerprint density at radius 1 is 1.06 bits per heavy atom. The van der Waals surface area contributed by atoms with Crippen molar-refractivity contribution < 1.29 is 19.1 Å². The predicted molar refractivity (Wildman–Crippen MR) is 58.8 cm³/mol. The van der Waals surface area contributed by atoms with Crippen LogP contribution in [0.1, 0.15) is 21.5 Å². The van der Waals surface area contributed by atoms with Gasteiger partial charge < -0.3 is 9.47 Å². The molecule has 0 saturated heterocycles. The molecule has 1 aromatic rings. The number of hydrogen-bond donors (Lipinski definition) is 0. The first kappa shape index (κ1) is 12.2. The third-order valence-corrected chi connectivity index (χ3v) is 2.30. The minimum atomic E-state index is -0.857. The van der Waals surface area contributed by atoms with Crippen molar-refractivity contribution in [2.24, 2.45) is 0 Å². The molecular formula is C12H14O4. The highest BCUT2D eigenvalue weighted by Gasteiger charge is 2.18. The molecule has 0 atom stereocenters. The topological polar surface area (TPSA) is 52.6 Å².